The highest BCUT2D eigenvalue weighted by Gasteiger charge is 2.17. The Kier molecular flexibility index (Phi) is 6.32. The molecule has 3 nitrogen and oxygen atoms in total. The summed E-state index contributed by atoms with van der Waals surface area (Å²) in [5.41, 5.74) is 1.88. The first-order chi connectivity index (χ1) is 13.1. The van der Waals surface area contributed by atoms with Gasteiger partial charge in [-0.2, -0.15) is 0 Å². The number of hydrogen-bond acceptors (Lipinski definition) is 3. The molecule has 0 aliphatic rings. The van der Waals surface area contributed by atoms with Crippen molar-refractivity contribution in [1.82, 2.24) is 0 Å². The maximum Gasteiger partial charge on any atom is 0.255 e. The lowest BCUT2D eigenvalue weighted by Crippen LogP contribution is -2.15. The molecular formula is C22H18ClNO2S. The number of ketones is 1. The molecule has 3 aromatic rings. The number of nitrogens with one attached hydrogen (secondary N) is 1. The highest BCUT2D eigenvalue weighted by atomic mass is 35.5. The maximum atomic E-state index is 12.9. The van der Waals surface area contributed by atoms with E-state index in [4.69, 9.17) is 11.6 Å². The Bertz CT molecular complexity index is 973. The first kappa shape index (κ1) is 19.2. The lowest BCUT2D eigenvalue weighted by molar-refractivity contribution is 0.102. The van der Waals surface area contributed by atoms with Gasteiger partial charge in [0, 0.05) is 26.6 Å². The Morgan fingerprint density at radius 1 is 0.926 bits per heavy atom. The lowest BCUT2D eigenvalue weighted by Gasteiger charge is -2.12. The molecule has 0 spiro atoms. The van der Waals surface area contributed by atoms with Crippen LogP contribution in [0.25, 0.3) is 0 Å². The zero-order chi connectivity index (χ0) is 19.2. The molecule has 0 saturated carbocycles. The molecule has 1 N–H and O–H groups in total. The molecule has 0 aliphatic heterocycles. The molecule has 136 valence electrons. The maximum absolute atomic E-state index is 12.9. The first-order valence-corrected chi connectivity index (χ1v) is 9.88. The van der Waals surface area contributed by atoms with Crippen molar-refractivity contribution in [3.8, 4) is 0 Å². The van der Waals surface area contributed by atoms with Crippen LogP contribution in [-0.2, 0) is 0 Å². The molecule has 3 rings (SSSR count). The molecule has 1 amide bonds. The molecule has 27 heavy (non-hydrogen) atoms. The molecule has 0 unspecified atom stereocenters. The molecule has 0 bridgehead atoms. The van der Waals surface area contributed by atoms with Gasteiger partial charge in [-0.15, -0.1) is 11.8 Å². The average Bonchev–Trinajstić information content (AvgIpc) is 2.70. The molecule has 0 aromatic heterocycles. The van der Waals surface area contributed by atoms with Crippen LogP contribution in [0.4, 0.5) is 5.69 Å². The number of thioether (sulfide) groups is 1. The number of benzene rings is 3. The summed E-state index contributed by atoms with van der Waals surface area (Å²) in [6.07, 6.45) is 0. The third-order valence-electron chi connectivity index (χ3n) is 3.92. The van der Waals surface area contributed by atoms with Gasteiger partial charge < -0.3 is 5.32 Å². The highest BCUT2D eigenvalue weighted by Crippen LogP contribution is 2.25. The number of anilines is 1. The van der Waals surface area contributed by atoms with Crippen molar-refractivity contribution in [2.75, 3.05) is 11.1 Å². The van der Waals surface area contributed by atoms with Gasteiger partial charge in [-0.25, -0.2) is 0 Å². The van der Waals surface area contributed by atoms with E-state index in [1.54, 1.807) is 60.3 Å². The van der Waals surface area contributed by atoms with Gasteiger partial charge in [0.15, 0.2) is 5.78 Å². The van der Waals surface area contributed by atoms with Crippen LogP contribution in [0.2, 0.25) is 5.02 Å². The quantitative estimate of drug-likeness (QED) is 0.415. The van der Waals surface area contributed by atoms with Gasteiger partial charge in [0.25, 0.3) is 5.91 Å². The van der Waals surface area contributed by atoms with E-state index in [9.17, 15) is 9.59 Å². The van der Waals surface area contributed by atoms with Gasteiger partial charge in [0.05, 0.1) is 5.69 Å². The van der Waals surface area contributed by atoms with Crippen LogP contribution in [0.5, 0.6) is 0 Å². The fourth-order valence-corrected chi connectivity index (χ4v) is 3.54. The van der Waals surface area contributed by atoms with Crippen molar-refractivity contribution in [2.24, 2.45) is 0 Å². The van der Waals surface area contributed by atoms with Crippen LogP contribution in [0.3, 0.4) is 0 Å². The Hall–Kier alpha value is -2.56. The minimum absolute atomic E-state index is 0.191. The number of halogens is 1. The van der Waals surface area contributed by atoms with Crippen LogP contribution in [0, 0.1) is 0 Å². The van der Waals surface area contributed by atoms with Crippen LogP contribution in [0.1, 0.15) is 33.2 Å². The number of carbonyl (C=O) groups excluding carboxylic acids is 2. The van der Waals surface area contributed by atoms with E-state index in [0.29, 0.717) is 27.4 Å². The second kappa shape index (κ2) is 8.89. The summed E-state index contributed by atoms with van der Waals surface area (Å²) in [5.74, 6) is 0.472. The van der Waals surface area contributed by atoms with Crippen molar-refractivity contribution < 1.29 is 9.59 Å². The van der Waals surface area contributed by atoms with Crippen molar-refractivity contribution in [2.45, 2.75) is 11.8 Å². The zero-order valence-electron chi connectivity index (χ0n) is 14.7. The van der Waals surface area contributed by atoms with Gasteiger partial charge in [-0.1, -0.05) is 54.9 Å². The van der Waals surface area contributed by atoms with E-state index in [1.165, 1.54) is 0 Å². The monoisotopic (exact) mass is 395 g/mol. The smallest absolute Gasteiger partial charge is 0.255 e. The number of carbonyl (C=O) groups is 2. The minimum atomic E-state index is -0.266. The fraction of sp³-hybridized carbons (Fsp3) is 0.0909. The Morgan fingerprint density at radius 3 is 2.41 bits per heavy atom. The molecule has 0 saturated heterocycles. The fourth-order valence-electron chi connectivity index (χ4n) is 2.65. The van der Waals surface area contributed by atoms with Crippen molar-refractivity contribution >= 4 is 40.7 Å². The number of hydrogen-bond donors (Lipinski definition) is 1. The Morgan fingerprint density at radius 2 is 1.67 bits per heavy atom. The summed E-state index contributed by atoms with van der Waals surface area (Å²) in [6, 6.07) is 21.2. The Balaban J connectivity index is 1.90. The lowest BCUT2D eigenvalue weighted by atomic mass is 10.0. The predicted octanol–water partition coefficient (Wildman–Crippen LogP) is 5.94. The van der Waals surface area contributed by atoms with Crippen LogP contribution in [0.15, 0.2) is 77.7 Å². The zero-order valence-corrected chi connectivity index (χ0v) is 16.3. The van der Waals surface area contributed by atoms with Gasteiger partial charge in [-0.3, -0.25) is 9.59 Å². The van der Waals surface area contributed by atoms with Crippen LogP contribution in [-0.4, -0.2) is 17.4 Å². The first-order valence-electron chi connectivity index (χ1n) is 8.52. The molecule has 5 heteroatoms. The van der Waals surface area contributed by atoms with Crippen molar-refractivity contribution in [3.05, 3.63) is 94.5 Å². The molecule has 3 aromatic carbocycles. The van der Waals surface area contributed by atoms with E-state index in [1.807, 2.05) is 24.3 Å². The minimum Gasteiger partial charge on any atom is -0.321 e. The van der Waals surface area contributed by atoms with Gasteiger partial charge in [0.1, 0.15) is 0 Å². The van der Waals surface area contributed by atoms with Crippen LogP contribution < -0.4 is 5.32 Å². The summed E-state index contributed by atoms with van der Waals surface area (Å²) in [5, 5.41) is 3.28. The topological polar surface area (TPSA) is 46.2 Å². The molecule has 0 heterocycles. The predicted molar refractivity (Wildman–Crippen MR) is 112 cm³/mol. The summed E-state index contributed by atoms with van der Waals surface area (Å²) in [6.45, 7) is 2.06. The SMILES string of the molecule is CCSc1cccc(C(=O)Nc2ccc(Cl)cc2C(=O)c2ccccc2)c1. The average molecular weight is 396 g/mol. The second-order valence-electron chi connectivity index (χ2n) is 5.80. The summed E-state index contributed by atoms with van der Waals surface area (Å²) < 4.78 is 0. The van der Waals surface area contributed by atoms with Crippen molar-refractivity contribution in [1.29, 1.82) is 0 Å². The third-order valence-corrected chi connectivity index (χ3v) is 5.03. The second-order valence-corrected chi connectivity index (χ2v) is 7.57. The molecule has 0 atom stereocenters. The molecule has 0 aliphatic carbocycles. The molecule has 0 fully saturated rings. The summed E-state index contributed by atoms with van der Waals surface area (Å²) in [4.78, 5) is 26.6. The van der Waals surface area contributed by atoms with Crippen molar-refractivity contribution in [3.63, 3.8) is 0 Å². The third kappa shape index (κ3) is 4.79. The standard InChI is InChI=1S/C22H18ClNO2S/c1-2-27-18-10-6-9-16(13-18)22(26)24-20-12-11-17(23)14-19(20)21(25)15-7-4-3-5-8-15/h3-14H,2H2,1H3,(H,24,26). The largest absolute Gasteiger partial charge is 0.321 e. The number of amides is 1. The number of rotatable bonds is 6. The van der Waals surface area contributed by atoms with Gasteiger partial charge in [0.2, 0.25) is 0 Å². The highest BCUT2D eigenvalue weighted by molar-refractivity contribution is 7.99. The molecule has 0 radical (unpaired) electrons. The van der Waals surface area contributed by atoms with Gasteiger partial charge >= 0.3 is 0 Å². The van der Waals surface area contributed by atoms with E-state index in [-0.39, 0.29) is 11.7 Å². The van der Waals surface area contributed by atoms with E-state index >= 15 is 0 Å². The molecular weight excluding hydrogens is 378 g/mol. The Labute approximate surface area is 167 Å². The van der Waals surface area contributed by atoms with E-state index in [0.717, 1.165) is 10.6 Å². The summed E-state index contributed by atoms with van der Waals surface area (Å²) >= 11 is 7.76. The van der Waals surface area contributed by atoms with Crippen LogP contribution >= 0.6 is 23.4 Å². The van der Waals surface area contributed by atoms with E-state index in [2.05, 4.69) is 12.2 Å². The van der Waals surface area contributed by atoms with E-state index < -0.39 is 0 Å². The summed E-state index contributed by atoms with van der Waals surface area (Å²) in [7, 11) is 0. The normalized spacial score (nSPS) is 10.4. The van der Waals surface area contributed by atoms with Gasteiger partial charge in [-0.05, 0) is 42.2 Å².